The fourth-order valence-electron chi connectivity index (χ4n) is 0.214. The lowest BCUT2D eigenvalue weighted by atomic mass is 10.3. The van der Waals surface area contributed by atoms with Gasteiger partial charge in [-0.1, -0.05) is 6.92 Å². The third-order valence-corrected chi connectivity index (χ3v) is 0.776. The summed E-state index contributed by atoms with van der Waals surface area (Å²) in [6.07, 6.45) is 0.282. The summed E-state index contributed by atoms with van der Waals surface area (Å²) >= 11 is 0. The van der Waals surface area contributed by atoms with Crippen molar-refractivity contribution in [2.45, 2.75) is 26.2 Å². The molecule has 0 bridgehead atoms. The van der Waals surface area contributed by atoms with E-state index in [1.54, 1.807) is 0 Å². The van der Waals surface area contributed by atoms with E-state index in [9.17, 15) is 9.59 Å². The Kier molecular flexibility index (Phi) is 11.1. The Bertz CT molecular complexity index is 116. The molecule has 0 saturated heterocycles. The molecule has 0 saturated carbocycles. The van der Waals surface area contributed by atoms with Crippen molar-refractivity contribution in [3.63, 3.8) is 0 Å². The summed E-state index contributed by atoms with van der Waals surface area (Å²) < 4.78 is 0. The summed E-state index contributed by atoms with van der Waals surface area (Å²) in [5, 5.41) is 23.7. The molecule has 0 radical (unpaired) electrons. The number of hydrogen-bond donors (Lipinski definition) is 3. The van der Waals surface area contributed by atoms with Gasteiger partial charge in [0.05, 0.1) is 12.8 Å². The van der Waals surface area contributed by atoms with Gasteiger partial charge in [-0.3, -0.25) is 9.59 Å². The van der Waals surface area contributed by atoms with Crippen LogP contribution in [0, 0.1) is 0 Å². The molecule has 0 aliphatic heterocycles. The molecule has 0 aromatic carbocycles. The van der Waals surface area contributed by atoms with Crippen LogP contribution in [-0.2, 0) is 9.59 Å². The van der Waals surface area contributed by atoms with Crippen LogP contribution in [0.1, 0.15) is 26.2 Å². The Morgan fingerprint density at radius 1 is 1.08 bits per heavy atom. The molecule has 5 nitrogen and oxygen atoms in total. The number of aliphatic hydroxyl groups is 1. The molecular formula is C7H14O5. The molecule has 0 atom stereocenters. The molecule has 0 aliphatic rings. The summed E-state index contributed by atoms with van der Waals surface area (Å²) in [5.74, 6) is -2.15. The number of hydrogen-bond acceptors (Lipinski definition) is 3. The number of carboxylic acid groups (broad SMARTS) is 2. The summed E-state index contributed by atoms with van der Waals surface area (Å²) in [4.78, 5) is 19.3. The molecule has 5 heteroatoms. The molecule has 0 heterocycles. The van der Waals surface area contributed by atoms with Gasteiger partial charge in [0, 0.05) is 6.61 Å². The van der Waals surface area contributed by atoms with Gasteiger partial charge in [-0.2, -0.15) is 0 Å². The Balaban J connectivity index is 0. The average Bonchev–Trinajstić information content (AvgIpc) is 2.01. The maximum absolute atomic E-state index is 9.64. The fourth-order valence-corrected chi connectivity index (χ4v) is 0.214. The van der Waals surface area contributed by atoms with Crippen LogP contribution in [-0.4, -0.2) is 33.9 Å². The van der Waals surface area contributed by atoms with Crippen molar-refractivity contribution in [1.29, 1.82) is 0 Å². The van der Waals surface area contributed by atoms with Gasteiger partial charge in [0.2, 0.25) is 0 Å². The topological polar surface area (TPSA) is 94.8 Å². The van der Waals surface area contributed by atoms with Gasteiger partial charge in [0.1, 0.15) is 0 Å². The second-order valence-corrected chi connectivity index (χ2v) is 2.01. The van der Waals surface area contributed by atoms with E-state index in [4.69, 9.17) is 15.3 Å². The highest BCUT2D eigenvalue weighted by molar-refractivity contribution is 5.75. The van der Waals surface area contributed by atoms with Crippen molar-refractivity contribution in [3.05, 3.63) is 0 Å². The lowest BCUT2D eigenvalue weighted by Gasteiger charge is -1.85. The van der Waals surface area contributed by atoms with Crippen LogP contribution >= 0.6 is 0 Å². The molecule has 3 N–H and O–H groups in total. The zero-order valence-corrected chi connectivity index (χ0v) is 6.99. The van der Waals surface area contributed by atoms with Crippen LogP contribution in [0.15, 0.2) is 0 Å². The Morgan fingerprint density at radius 3 is 1.42 bits per heavy atom. The predicted molar refractivity (Wildman–Crippen MR) is 41.9 cm³/mol. The zero-order chi connectivity index (χ0) is 9.98. The number of aliphatic carboxylic acids is 2. The van der Waals surface area contributed by atoms with E-state index < -0.39 is 11.9 Å². The number of carboxylic acids is 2. The average molecular weight is 178 g/mol. The predicted octanol–water partition coefficient (Wildman–Crippen LogP) is 0.325. The van der Waals surface area contributed by atoms with Crippen LogP contribution in [0.5, 0.6) is 0 Å². The van der Waals surface area contributed by atoms with E-state index in [1.807, 2.05) is 6.92 Å². The fraction of sp³-hybridized carbons (Fsp3) is 0.714. The maximum Gasteiger partial charge on any atom is 0.303 e. The quantitative estimate of drug-likeness (QED) is 0.576. The number of aliphatic hydroxyl groups excluding tert-OH is 1. The summed E-state index contributed by atoms with van der Waals surface area (Å²) in [6.45, 7) is 2.25. The Morgan fingerprint density at radius 2 is 1.33 bits per heavy atom. The van der Waals surface area contributed by atoms with Crippen molar-refractivity contribution in [2.24, 2.45) is 0 Å². The lowest BCUT2D eigenvalue weighted by molar-refractivity contribution is -0.143. The molecule has 0 aromatic rings. The van der Waals surface area contributed by atoms with Crippen molar-refractivity contribution >= 4 is 11.9 Å². The first-order valence-corrected chi connectivity index (χ1v) is 3.59. The van der Waals surface area contributed by atoms with Crippen molar-refractivity contribution in [1.82, 2.24) is 0 Å². The second kappa shape index (κ2) is 9.90. The van der Waals surface area contributed by atoms with Crippen LogP contribution in [0.25, 0.3) is 0 Å². The van der Waals surface area contributed by atoms with Crippen LogP contribution in [0.2, 0.25) is 0 Å². The van der Waals surface area contributed by atoms with Crippen LogP contribution < -0.4 is 0 Å². The van der Waals surface area contributed by atoms with E-state index in [2.05, 4.69) is 0 Å². The van der Waals surface area contributed by atoms with Crippen molar-refractivity contribution in [2.75, 3.05) is 6.61 Å². The molecule has 0 spiro atoms. The number of rotatable bonds is 4. The highest BCUT2D eigenvalue weighted by atomic mass is 16.4. The first-order chi connectivity index (χ1) is 5.54. The highest BCUT2D eigenvalue weighted by Gasteiger charge is 2.00. The van der Waals surface area contributed by atoms with E-state index in [0.717, 1.165) is 6.42 Å². The van der Waals surface area contributed by atoms with E-state index in [1.165, 1.54) is 0 Å². The molecule has 0 aliphatic carbocycles. The highest BCUT2D eigenvalue weighted by Crippen LogP contribution is 1.86. The van der Waals surface area contributed by atoms with Gasteiger partial charge in [-0.15, -0.1) is 0 Å². The monoisotopic (exact) mass is 178 g/mol. The van der Waals surface area contributed by atoms with E-state index in [-0.39, 0.29) is 12.8 Å². The van der Waals surface area contributed by atoms with Crippen LogP contribution in [0.4, 0.5) is 0 Å². The van der Waals surface area contributed by atoms with Gasteiger partial charge in [-0.25, -0.2) is 0 Å². The maximum atomic E-state index is 9.64. The standard InChI is InChI=1S/C4H6O4.C3H8O/c5-3(6)1-2-4(7)8;1-2-3-4/h1-2H2,(H,5,6)(H,7,8);4H,2-3H2,1H3. The molecule has 0 aromatic heterocycles. The molecule has 72 valence electrons. The van der Waals surface area contributed by atoms with Crippen molar-refractivity contribution in [3.8, 4) is 0 Å². The largest absolute Gasteiger partial charge is 0.481 e. The lowest BCUT2D eigenvalue weighted by Crippen LogP contribution is -2.00. The summed E-state index contributed by atoms with van der Waals surface area (Å²) in [7, 11) is 0. The van der Waals surface area contributed by atoms with Gasteiger partial charge >= 0.3 is 11.9 Å². The SMILES string of the molecule is CCCO.O=C(O)CCC(=O)O. The second-order valence-electron chi connectivity index (χ2n) is 2.01. The minimum Gasteiger partial charge on any atom is -0.481 e. The minimum atomic E-state index is -1.08. The minimum absolute atomic E-state index is 0.296. The van der Waals surface area contributed by atoms with Gasteiger partial charge < -0.3 is 15.3 Å². The number of carbonyl (C=O) groups is 2. The third kappa shape index (κ3) is 23.1. The summed E-state index contributed by atoms with van der Waals surface area (Å²) in [5.41, 5.74) is 0. The normalized spacial score (nSPS) is 8.17. The first-order valence-electron chi connectivity index (χ1n) is 3.59. The Hall–Kier alpha value is -1.10. The zero-order valence-electron chi connectivity index (χ0n) is 6.99. The summed E-state index contributed by atoms with van der Waals surface area (Å²) in [6, 6.07) is 0. The van der Waals surface area contributed by atoms with Gasteiger partial charge in [0.15, 0.2) is 0 Å². The Labute approximate surface area is 70.6 Å². The van der Waals surface area contributed by atoms with Gasteiger partial charge in [0.25, 0.3) is 0 Å². The van der Waals surface area contributed by atoms with E-state index >= 15 is 0 Å². The third-order valence-electron chi connectivity index (χ3n) is 0.776. The molecule has 0 fully saturated rings. The van der Waals surface area contributed by atoms with Crippen LogP contribution in [0.3, 0.4) is 0 Å². The molecule has 0 unspecified atom stereocenters. The molecular weight excluding hydrogens is 164 g/mol. The van der Waals surface area contributed by atoms with Crippen molar-refractivity contribution < 1.29 is 24.9 Å². The molecule has 0 amide bonds. The molecule has 12 heavy (non-hydrogen) atoms. The molecule has 0 rings (SSSR count). The van der Waals surface area contributed by atoms with E-state index in [0.29, 0.717) is 6.61 Å². The smallest absolute Gasteiger partial charge is 0.303 e. The first kappa shape index (κ1) is 13.5. The van der Waals surface area contributed by atoms with Gasteiger partial charge in [-0.05, 0) is 6.42 Å².